The van der Waals surface area contributed by atoms with Gasteiger partial charge in [0.1, 0.15) is 12.4 Å². The van der Waals surface area contributed by atoms with Gasteiger partial charge in [-0.25, -0.2) is 0 Å². The van der Waals surface area contributed by atoms with Crippen LogP contribution in [-0.4, -0.2) is 22.2 Å². The average Bonchev–Trinajstić information content (AvgIpc) is 2.59. The first-order valence-electron chi connectivity index (χ1n) is 9.18. The van der Waals surface area contributed by atoms with Gasteiger partial charge in [-0.3, -0.25) is 9.78 Å². The van der Waals surface area contributed by atoms with E-state index in [4.69, 9.17) is 10.5 Å². The van der Waals surface area contributed by atoms with Crippen LogP contribution in [-0.2, 0) is 0 Å². The van der Waals surface area contributed by atoms with Gasteiger partial charge in [0.15, 0.2) is 0 Å². The Balaban J connectivity index is 2.07. The fourth-order valence-electron chi connectivity index (χ4n) is 3.46. The first-order valence-corrected chi connectivity index (χ1v) is 9.18. The second kappa shape index (κ2) is 7.46. The van der Waals surface area contributed by atoms with E-state index in [0.717, 1.165) is 28.5 Å². The molecule has 0 aliphatic carbocycles. The lowest BCUT2D eigenvalue weighted by Crippen LogP contribution is -2.29. The zero-order valence-electron chi connectivity index (χ0n) is 15.9. The number of pyridine rings is 2. The van der Waals surface area contributed by atoms with Crippen LogP contribution in [0.25, 0.3) is 21.7 Å². The number of nitrogens with zero attached hydrogens (tertiary/aromatic N) is 2. The zero-order chi connectivity index (χ0) is 18.8. The molecule has 138 valence electrons. The lowest BCUT2D eigenvalue weighted by molar-refractivity contribution is 0.271. The molecule has 0 bridgehead atoms. The Morgan fingerprint density at radius 3 is 2.58 bits per heavy atom. The molecule has 1 aromatic carbocycles. The molecule has 0 radical (unpaired) electrons. The Labute approximate surface area is 153 Å². The van der Waals surface area contributed by atoms with Gasteiger partial charge >= 0.3 is 0 Å². The smallest absolute Gasteiger partial charge is 0.260 e. The minimum absolute atomic E-state index is 0.000617. The molecule has 5 heteroatoms. The number of hydrogen-bond donors (Lipinski definition) is 1. The van der Waals surface area contributed by atoms with Crippen molar-refractivity contribution < 1.29 is 4.74 Å². The molecule has 3 aromatic rings. The van der Waals surface area contributed by atoms with Gasteiger partial charge in [0, 0.05) is 35.9 Å². The maximum Gasteiger partial charge on any atom is 0.260 e. The first-order chi connectivity index (χ1) is 12.4. The minimum atomic E-state index is -0.0238. The molecule has 0 fully saturated rings. The lowest BCUT2D eigenvalue weighted by atomic mass is 10.1. The van der Waals surface area contributed by atoms with Gasteiger partial charge in [0.2, 0.25) is 0 Å². The highest BCUT2D eigenvalue weighted by molar-refractivity contribution is 6.05. The van der Waals surface area contributed by atoms with E-state index >= 15 is 0 Å². The highest BCUT2D eigenvalue weighted by Crippen LogP contribution is 2.27. The van der Waals surface area contributed by atoms with Crippen LogP contribution in [0.3, 0.4) is 0 Å². The van der Waals surface area contributed by atoms with Crippen molar-refractivity contribution in [1.29, 1.82) is 0 Å². The van der Waals surface area contributed by atoms with Crippen molar-refractivity contribution in [1.82, 2.24) is 9.55 Å². The Hall–Kier alpha value is -2.40. The SMILES string of the molecule is CC(C)C[C@H](N)COc1ccc2c3ccncc3c(=O)n(C(C)C)c2c1. The van der Waals surface area contributed by atoms with Gasteiger partial charge in [0.25, 0.3) is 5.56 Å². The van der Waals surface area contributed by atoms with Crippen molar-refractivity contribution in [3.05, 3.63) is 47.0 Å². The molecule has 1 atom stereocenters. The molecule has 5 nitrogen and oxygen atoms in total. The Bertz CT molecular complexity index is 976. The van der Waals surface area contributed by atoms with Crippen LogP contribution >= 0.6 is 0 Å². The van der Waals surface area contributed by atoms with E-state index in [1.807, 2.05) is 38.1 Å². The van der Waals surface area contributed by atoms with E-state index in [9.17, 15) is 4.79 Å². The monoisotopic (exact) mass is 353 g/mol. The van der Waals surface area contributed by atoms with E-state index in [1.54, 1.807) is 17.0 Å². The summed E-state index contributed by atoms with van der Waals surface area (Å²) in [5.74, 6) is 1.27. The predicted octanol–water partition coefficient (Wildman–Crippen LogP) is 3.88. The summed E-state index contributed by atoms with van der Waals surface area (Å²) in [6.07, 6.45) is 4.28. The van der Waals surface area contributed by atoms with Crippen LogP contribution in [0.5, 0.6) is 5.75 Å². The normalized spacial score (nSPS) is 13.0. The standard InChI is InChI=1S/C21H27N3O2/c1-13(2)9-15(22)12-26-16-5-6-18-17-7-8-23-11-19(17)21(25)24(14(3)4)20(18)10-16/h5-8,10-11,13-15H,9,12,22H2,1-4H3/t15-/m0/s1. The second-order valence-corrected chi connectivity index (χ2v) is 7.57. The van der Waals surface area contributed by atoms with Crippen molar-refractivity contribution in [3.63, 3.8) is 0 Å². The summed E-state index contributed by atoms with van der Waals surface area (Å²) in [6, 6.07) is 7.83. The molecule has 0 saturated heterocycles. The highest BCUT2D eigenvalue weighted by atomic mass is 16.5. The molecule has 0 aliphatic heterocycles. The van der Waals surface area contributed by atoms with Crippen LogP contribution < -0.4 is 16.0 Å². The molecule has 3 rings (SSSR count). The molecular formula is C21H27N3O2. The van der Waals surface area contributed by atoms with Crippen molar-refractivity contribution in [2.45, 2.75) is 46.2 Å². The van der Waals surface area contributed by atoms with Gasteiger partial charge in [-0.1, -0.05) is 13.8 Å². The van der Waals surface area contributed by atoms with Crippen LogP contribution in [0.2, 0.25) is 0 Å². The molecule has 2 heterocycles. The quantitative estimate of drug-likeness (QED) is 0.683. The molecule has 2 N–H and O–H groups in total. The second-order valence-electron chi connectivity index (χ2n) is 7.57. The summed E-state index contributed by atoms with van der Waals surface area (Å²) in [4.78, 5) is 17.1. The molecule has 0 spiro atoms. The van der Waals surface area contributed by atoms with E-state index in [2.05, 4.69) is 18.8 Å². The summed E-state index contributed by atoms with van der Waals surface area (Å²) in [5, 5.41) is 2.58. The number of rotatable bonds is 6. The summed E-state index contributed by atoms with van der Waals surface area (Å²) in [6.45, 7) is 8.78. The summed E-state index contributed by atoms with van der Waals surface area (Å²) >= 11 is 0. The average molecular weight is 353 g/mol. The Morgan fingerprint density at radius 1 is 1.12 bits per heavy atom. The van der Waals surface area contributed by atoms with E-state index in [-0.39, 0.29) is 17.6 Å². The predicted molar refractivity (Wildman–Crippen MR) is 107 cm³/mol. The van der Waals surface area contributed by atoms with Gasteiger partial charge in [-0.2, -0.15) is 0 Å². The maximum atomic E-state index is 12.9. The molecular weight excluding hydrogens is 326 g/mol. The van der Waals surface area contributed by atoms with Crippen LogP contribution in [0.15, 0.2) is 41.5 Å². The van der Waals surface area contributed by atoms with Crippen LogP contribution in [0, 0.1) is 5.92 Å². The fourth-order valence-corrected chi connectivity index (χ4v) is 3.46. The first kappa shape index (κ1) is 18.4. The van der Waals surface area contributed by atoms with Gasteiger partial charge in [-0.15, -0.1) is 0 Å². The number of aromatic nitrogens is 2. The summed E-state index contributed by atoms with van der Waals surface area (Å²) < 4.78 is 7.72. The van der Waals surface area contributed by atoms with E-state index in [0.29, 0.717) is 17.9 Å². The number of benzene rings is 1. The fraction of sp³-hybridized carbons (Fsp3) is 0.429. The minimum Gasteiger partial charge on any atom is -0.492 e. The summed E-state index contributed by atoms with van der Waals surface area (Å²) in [5.41, 5.74) is 6.97. The van der Waals surface area contributed by atoms with Gasteiger partial charge in [-0.05, 0) is 49.8 Å². The topological polar surface area (TPSA) is 70.1 Å². The Kier molecular flexibility index (Phi) is 5.28. The van der Waals surface area contributed by atoms with E-state index < -0.39 is 0 Å². The van der Waals surface area contributed by atoms with Crippen molar-refractivity contribution in [3.8, 4) is 5.75 Å². The molecule has 0 unspecified atom stereocenters. The van der Waals surface area contributed by atoms with Crippen molar-refractivity contribution in [2.75, 3.05) is 6.61 Å². The van der Waals surface area contributed by atoms with Gasteiger partial charge in [0.05, 0.1) is 10.9 Å². The third kappa shape index (κ3) is 3.58. The molecule has 2 aromatic heterocycles. The number of ether oxygens (including phenoxy) is 1. The Morgan fingerprint density at radius 2 is 1.88 bits per heavy atom. The van der Waals surface area contributed by atoms with Crippen LogP contribution in [0.1, 0.15) is 40.2 Å². The third-order valence-corrected chi connectivity index (χ3v) is 4.54. The van der Waals surface area contributed by atoms with Gasteiger partial charge < -0.3 is 15.0 Å². The molecule has 26 heavy (non-hydrogen) atoms. The number of nitrogens with two attached hydrogens (primary N) is 1. The maximum absolute atomic E-state index is 12.9. The summed E-state index contributed by atoms with van der Waals surface area (Å²) in [7, 11) is 0. The number of fused-ring (bicyclic) bond motifs is 3. The van der Waals surface area contributed by atoms with Crippen LogP contribution in [0.4, 0.5) is 0 Å². The largest absolute Gasteiger partial charge is 0.492 e. The van der Waals surface area contributed by atoms with Crippen molar-refractivity contribution >= 4 is 21.7 Å². The van der Waals surface area contributed by atoms with E-state index in [1.165, 1.54) is 0 Å². The lowest BCUT2D eigenvalue weighted by Gasteiger charge is -2.18. The zero-order valence-corrected chi connectivity index (χ0v) is 15.9. The third-order valence-electron chi connectivity index (χ3n) is 4.54. The molecule has 0 saturated carbocycles. The highest BCUT2D eigenvalue weighted by Gasteiger charge is 2.14. The molecule has 0 amide bonds. The molecule has 0 aliphatic rings. The number of hydrogen-bond acceptors (Lipinski definition) is 4. The van der Waals surface area contributed by atoms with Crippen molar-refractivity contribution in [2.24, 2.45) is 11.7 Å².